The summed E-state index contributed by atoms with van der Waals surface area (Å²) in [6, 6.07) is 17.7. The van der Waals surface area contributed by atoms with E-state index in [9.17, 15) is 4.79 Å². The van der Waals surface area contributed by atoms with Gasteiger partial charge in [-0.15, -0.1) is 0 Å². The summed E-state index contributed by atoms with van der Waals surface area (Å²) in [6.07, 6.45) is 1.22. The molecule has 0 fully saturated rings. The Morgan fingerprint density at radius 1 is 1.12 bits per heavy atom. The van der Waals surface area contributed by atoms with Gasteiger partial charge >= 0.3 is 0 Å². The molecule has 1 heterocycles. The summed E-state index contributed by atoms with van der Waals surface area (Å²) in [5.74, 6) is 0.860. The van der Waals surface area contributed by atoms with Crippen molar-refractivity contribution in [2.24, 2.45) is 5.73 Å². The second kappa shape index (κ2) is 8.15. The normalized spacial score (nSPS) is 12.5. The molecule has 1 aromatic heterocycles. The molecule has 3 N–H and O–H groups in total. The number of carbonyl (C=O) groups is 1. The minimum Gasteiger partial charge on any atom is -0.354 e. The predicted molar refractivity (Wildman–Crippen MR) is 105 cm³/mol. The van der Waals surface area contributed by atoms with E-state index in [2.05, 4.69) is 29.8 Å². The van der Waals surface area contributed by atoms with Crippen molar-refractivity contribution < 1.29 is 4.79 Å². The van der Waals surface area contributed by atoms with Crippen LogP contribution in [-0.4, -0.2) is 28.0 Å². The molecule has 0 saturated carbocycles. The van der Waals surface area contributed by atoms with Crippen LogP contribution in [-0.2, 0) is 17.6 Å². The molecular weight excluding hydrogens is 324 g/mol. The van der Waals surface area contributed by atoms with Gasteiger partial charge in [-0.1, -0.05) is 42.5 Å². The predicted octanol–water partition coefficient (Wildman–Crippen LogP) is 2.85. The van der Waals surface area contributed by atoms with Crippen molar-refractivity contribution in [3.8, 4) is 0 Å². The summed E-state index contributed by atoms with van der Waals surface area (Å²) in [5.41, 5.74) is 9.22. The molecule has 5 nitrogen and oxygen atoms in total. The van der Waals surface area contributed by atoms with Crippen molar-refractivity contribution in [3.63, 3.8) is 0 Å². The van der Waals surface area contributed by atoms with Crippen LogP contribution in [0, 0.1) is 0 Å². The summed E-state index contributed by atoms with van der Waals surface area (Å²) < 4.78 is 2.23. The minimum absolute atomic E-state index is 0.124. The molecule has 0 bridgehead atoms. The number of amides is 1. The van der Waals surface area contributed by atoms with E-state index >= 15 is 0 Å². The van der Waals surface area contributed by atoms with Crippen molar-refractivity contribution in [2.75, 3.05) is 6.54 Å². The lowest BCUT2D eigenvalue weighted by Crippen LogP contribution is -2.42. The molecule has 136 valence electrons. The number of para-hydroxylation sites is 2. The molecule has 26 heavy (non-hydrogen) atoms. The van der Waals surface area contributed by atoms with Crippen LogP contribution >= 0.6 is 0 Å². The Morgan fingerprint density at radius 2 is 1.81 bits per heavy atom. The monoisotopic (exact) mass is 350 g/mol. The molecular formula is C21H26N4O. The first-order chi connectivity index (χ1) is 12.6. The van der Waals surface area contributed by atoms with E-state index in [1.807, 2.05) is 48.5 Å². The highest BCUT2D eigenvalue weighted by molar-refractivity contribution is 5.81. The number of fused-ring (bicyclic) bond motifs is 1. The first-order valence-electron chi connectivity index (χ1n) is 9.09. The molecule has 0 radical (unpaired) electrons. The van der Waals surface area contributed by atoms with E-state index in [1.54, 1.807) is 0 Å². The van der Waals surface area contributed by atoms with Gasteiger partial charge in [0.25, 0.3) is 0 Å². The van der Waals surface area contributed by atoms with Crippen molar-refractivity contribution in [1.29, 1.82) is 0 Å². The van der Waals surface area contributed by atoms with Gasteiger partial charge in [-0.25, -0.2) is 4.98 Å². The fourth-order valence-corrected chi connectivity index (χ4v) is 3.24. The van der Waals surface area contributed by atoms with Crippen LogP contribution in [0.15, 0.2) is 54.6 Å². The fourth-order valence-electron chi connectivity index (χ4n) is 3.24. The molecule has 0 aliphatic carbocycles. The first kappa shape index (κ1) is 18.1. The maximum absolute atomic E-state index is 12.3. The Morgan fingerprint density at radius 3 is 2.54 bits per heavy atom. The Kier molecular flexibility index (Phi) is 5.68. The molecule has 2 aromatic carbocycles. The third kappa shape index (κ3) is 4.11. The van der Waals surface area contributed by atoms with Crippen LogP contribution in [0.2, 0.25) is 0 Å². The summed E-state index contributed by atoms with van der Waals surface area (Å²) in [5, 5.41) is 2.94. The van der Waals surface area contributed by atoms with Crippen molar-refractivity contribution >= 4 is 16.9 Å². The molecule has 5 heteroatoms. The Bertz CT molecular complexity index is 870. The second-order valence-corrected chi connectivity index (χ2v) is 6.82. The lowest BCUT2D eigenvalue weighted by molar-refractivity contribution is -0.122. The maximum atomic E-state index is 12.3. The molecule has 1 amide bonds. The zero-order valence-electron chi connectivity index (χ0n) is 15.4. The average molecular weight is 350 g/mol. The van der Waals surface area contributed by atoms with Crippen molar-refractivity contribution in [3.05, 3.63) is 66.0 Å². The van der Waals surface area contributed by atoms with Crippen molar-refractivity contribution in [1.82, 2.24) is 14.9 Å². The SMILES string of the molecule is CC(C)n1c(CCNC(=O)C(N)Cc2ccccc2)nc2ccccc21. The van der Waals surface area contributed by atoms with Crippen LogP contribution in [0.3, 0.4) is 0 Å². The maximum Gasteiger partial charge on any atom is 0.237 e. The topological polar surface area (TPSA) is 72.9 Å². The Labute approximate surface area is 154 Å². The molecule has 1 atom stereocenters. The average Bonchev–Trinajstić information content (AvgIpc) is 3.00. The van der Waals surface area contributed by atoms with Gasteiger partial charge in [0.1, 0.15) is 5.82 Å². The number of carbonyl (C=O) groups excluding carboxylic acids is 1. The van der Waals surface area contributed by atoms with Crippen LogP contribution < -0.4 is 11.1 Å². The number of imidazole rings is 1. The van der Waals surface area contributed by atoms with Crippen LogP contribution in [0.4, 0.5) is 0 Å². The Hall–Kier alpha value is -2.66. The number of hydrogen-bond acceptors (Lipinski definition) is 3. The van der Waals surface area contributed by atoms with Gasteiger partial charge in [0, 0.05) is 19.0 Å². The zero-order valence-corrected chi connectivity index (χ0v) is 15.4. The first-order valence-corrected chi connectivity index (χ1v) is 9.09. The summed E-state index contributed by atoms with van der Waals surface area (Å²) in [6.45, 7) is 4.81. The van der Waals surface area contributed by atoms with E-state index < -0.39 is 6.04 Å². The lowest BCUT2D eigenvalue weighted by Gasteiger charge is -2.15. The highest BCUT2D eigenvalue weighted by Crippen LogP contribution is 2.21. The largest absolute Gasteiger partial charge is 0.354 e. The van der Waals surface area contributed by atoms with Gasteiger partial charge < -0.3 is 15.6 Å². The van der Waals surface area contributed by atoms with Crippen LogP contribution in [0.5, 0.6) is 0 Å². The van der Waals surface area contributed by atoms with Crippen LogP contribution in [0.25, 0.3) is 11.0 Å². The molecule has 3 rings (SSSR count). The number of rotatable bonds is 7. The highest BCUT2D eigenvalue weighted by atomic mass is 16.2. The molecule has 0 aliphatic heterocycles. The van der Waals surface area contributed by atoms with Gasteiger partial charge in [0.05, 0.1) is 17.1 Å². The van der Waals surface area contributed by atoms with E-state index in [1.165, 1.54) is 0 Å². The van der Waals surface area contributed by atoms with E-state index in [-0.39, 0.29) is 5.91 Å². The summed E-state index contributed by atoms with van der Waals surface area (Å²) >= 11 is 0. The van der Waals surface area contributed by atoms with E-state index in [0.29, 0.717) is 25.4 Å². The number of hydrogen-bond donors (Lipinski definition) is 2. The Balaban J connectivity index is 1.60. The third-order valence-corrected chi connectivity index (χ3v) is 4.47. The summed E-state index contributed by atoms with van der Waals surface area (Å²) in [4.78, 5) is 17.0. The van der Waals surface area contributed by atoms with Crippen molar-refractivity contribution in [2.45, 2.75) is 38.8 Å². The second-order valence-electron chi connectivity index (χ2n) is 6.82. The summed E-state index contributed by atoms with van der Waals surface area (Å²) in [7, 11) is 0. The quantitative estimate of drug-likeness (QED) is 0.688. The van der Waals surface area contributed by atoms with E-state index in [4.69, 9.17) is 10.7 Å². The molecule has 3 aromatic rings. The highest BCUT2D eigenvalue weighted by Gasteiger charge is 2.16. The number of nitrogens with two attached hydrogens (primary N) is 1. The van der Waals surface area contributed by atoms with Gasteiger partial charge in [-0.3, -0.25) is 4.79 Å². The van der Waals surface area contributed by atoms with Gasteiger partial charge in [-0.05, 0) is 38.0 Å². The van der Waals surface area contributed by atoms with Gasteiger partial charge in [-0.2, -0.15) is 0 Å². The molecule has 0 saturated heterocycles. The number of nitrogens with one attached hydrogen (secondary N) is 1. The lowest BCUT2D eigenvalue weighted by atomic mass is 10.1. The zero-order chi connectivity index (χ0) is 18.5. The smallest absolute Gasteiger partial charge is 0.237 e. The number of aromatic nitrogens is 2. The standard InChI is InChI=1S/C21H26N4O/c1-15(2)25-19-11-7-6-10-18(19)24-20(25)12-13-23-21(26)17(22)14-16-8-4-3-5-9-16/h3-11,15,17H,12-14,22H2,1-2H3,(H,23,26). The minimum atomic E-state index is -0.540. The van der Waals surface area contributed by atoms with E-state index in [0.717, 1.165) is 22.4 Å². The number of nitrogens with zero attached hydrogens (tertiary/aromatic N) is 2. The molecule has 0 aliphatic rings. The van der Waals surface area contributed by atoms with Gasteiger partial charge in [0.15, 0.2) is 0 Å². The number of benzene rings is 2. The van der Waals surface area contributed by atoms with Gasteiger partial charge in [0.2, 0.25) is 5.91 Å². The van der Waals surface area contributed by atoms with Crippen LogP contribution in [0.1, 0.15) is 31.3 Å². The molecule has 0 spiro atoms. The fraction of sp³-hybridized carbons (Fsp3) is 0.333. The third-order valence-electron chi connectivity index (χ3n) is 4.47. The molecule has 1 unspecified atom stereocenters.